The number of likely N-dealkylation sites (tertiary alicyclic amines) is 1. The summed E-state index contributed by atoms with van der Waals surface area (Å²) >= 11 is 0. The summed E-state index contributed by atoms with van der Waals surface area (Å²) in [6.45, 7) is 4.12. The number of carbonyl (C=O) groups excluding carboxylic acids is 1. The fourth-order valence-corrected chi connectivity index (χ4v) is 3.39. The van der Waals surface area contributed by atoms with Gasteiger partial charge in [-0.1, -0.05) is 0 Å². The molecule has 0 unspecified atom stereocenters. The van der Waals surface area contributed by atoms with Crippen LogP contribution in [0.2, 0.25) is 0 Å². The normalized spacial score (nSPS) is 20.1. The van der Waals surface area contributed by atoms with Crippen molar-refractivity contribution in [2.24, 2.45) is 5.92 Å². The Balaban J connectivity index is 2.51. The van der Waals surface area contributed by atoms with Crippen molar-refractivity contribution >= 4 is 22.0 Å². The van der Waals surface area contributed by atoms with E-state index in [9.17, 15) is 18.0 Å². The van der Waals surface area contributed by atoms with Crippen molar-refractivity contribution < 1.29 is 23.1 Å². The Labute approximate surface area is 124 Å². The van der Waals surface area contributed by atoms with E-state index in [1.54, 1.807) is 13.8 Å². The summed E-state index contributed by atoms with van der Waals surface area (Å²) in [6, 6.07) is -0.371. The molecule has 1 rings (SSSR count). The maximum Gasteiger partial charge on any atom is 0.317 e. The SMILES string of the molecule is CC(C)(CNC(=O)N1CCC[C@@H](C(=O)O)C1)NS(C)(=O)=O. The van der Waals surface area contributed by atoms with Gasteiger partial charge in [0, 0.05) is 25.2 Å². The number of rotatable bonds is 5. The van der Waals surface area contributed by atoms with E-state index in [1.807, 2.05) is 0 Å². The number of hydrogen-bond acceptors (Lipinski definition) is 4. The monoisotopic (exact) mass is 321 g/mol. The predicted octanol–water partition coefficient (Wildman–Crippen LogP) is -0.180. The quantitative estimate of drug-likeness (QED) is 0.649. The van der Waals surface area contributed by atoms with Gasteiger partial charge >= 0.3 is 12.0 Å². The molecule has 1 aliphatic heterocycles. The third-order valence-corrected chi connectivity index (χ3v) is 4.12. The molecule has 2 amide bonds. The molecule has 0 aromatic heterocycles. The van der Waals surface area contributed by atoms with E-state index in [4.69, 9.17) is 5.11 Å². The second-order valence-electron chi connectivity index (χ2n) is 6.04. The lowest BCUT2D eigenvalue weighted by atomic mass is 9.99. The van der Waals surface area contributed by atoms with Crippen LogP contribution in [0, 0.1) is 5.92 Å². The van der Waals surface area contributed by atoms with Crippen molar-refractivity contribution in [1.82, 2.24) is 14.9 Å². The number of nitrogens with one attached hydrogen (secondary N) is 2. The average Bonchev–Trinajstić information content (AvgIpc) is 2.33. The molecule has 0 aromatic carbocycles. The van der Waals surface area contributed by atoms with Gasteiger partial charge in [0.15, 0.2) is 0 Å². The summed E-state index contributed by atoms with van der Waals surface area (Å²) in [5, 5.41) is 11.6. The summed E-state index contributed by atoms with van der Waals surface area (Å²) in [6.07, 6.45) is 2.27. The molecule has 0 radical (unpaired) electrons. The molecule has 3 N–H and O–H groups in total. The van der Waals surface area contributed by atoms with Crippen molar-refractivity contribution in [3.05, 3.63) is 0 Å². The van der Waals surface area contributed by atoms with Gasteiger partial charge in [-0.05, 0) is 26.7 Å². The minimum Gasteiger partial charge on any atom is -0.481 e. The highest BCUT2D eigenvalue weighted by Crippen LogP contribution is 2.16. The summed E-state index contributed by atoms with van der Waals surface area (Å²) in [7, 11) is -3.37. The van der Waals surface area contributed by atoms with Gasteiger partial charge in [-0.15, -0.1) is 0 Å². The topological polar surface area (TPSA) is 116 Å². The molecule has 21 heavy (non-hydrogen) atoms. The third-order valence-electron chi connectivity index (χ3n) is 3.20. The minimum atomic E-state index is -3.37. The highest BCUT2D eigenvalue weighted by atomic mass is 32.2. The predicted molar refractivity (Wildman–Crippen MR) is 77.4 cm³/mol. The van der Waals surface area contributed by atoms with E-state index in [0.717, 1.165) is 6.26 Å². The fraction of sp³-hybridized carbons (Fsp3) is 0.833. The van der Waals surface area contributed by atoms with Gasteiger partial charge in [-0.3, -0.25) is 4.79 Å². The molecule has 0 aliphatic carbocycles. The second-order valence-corrected chi connectivity index (χ2v) is 7.79. The molecule has 0 saturated carbocycles. The largest absolute Gasteiger partial charge is 0.481 e. The molecule has 1 fully saturated rings. The first kappa shape index (κ1) is 17.7. The fourth-order valence-electron chi connectivity index (χ4n) is 2.31. The molecular weight excluding hydrogens is 298 g/mol. The van der Waals surface area contributed by atoms with Crippen LogP contribution in [0.25, 0.3) is 0 Å². The van der Waals surface area contributed by atoms with Crippen LogP contribution >= 0.6 is 0 Å². The second kappa shape index (κ2) is 6.61. The number of carboxylic acid groups (broad SMARTS) is 1. The Bertz CT molecular complexity index is 503. The molecule has 122 valence electrons. The van der Waals surface area contributed by atoms with Crippen molar-refractivity contribution in [2.45, 2.75) is 32.2 Å². The summed E-state index contributed by atoms with van der Waals surface area (Å²) in [5.41, 5.74) is -0.814. The van der Waals surface area contributed by atoms with Crippen LogP contribution in [0.1, 0.15) is 26.7 Å². The van der Waals surface area contributed by atoms with Crippen LogP contribution in [0.3, 0.4) is 0 Å². The number of aliphatic carboxylic acids is 1. The van der Waals surface area contributed by atoms with Crippen LogP contribution < -0.4 is 10.0 Å². The van der Waals surface area contributed by atoms with Crippen LogP contribution in [0.4, 0.5) is 4.79 Å². The molecule has 1 heterocycles. The van der Waals surface area contributed by atoms with Crippen molar-refractivity contribution in [3.63, 3.8) is 0 Å². The number of urea groups is 1. The summed E-state index contributed by atoms with van der Waals surface area (Å²) in [4.78, 5) is 24.4. The molecule has 9 heteroatoms. The van der Waals surface area contributed by atoms with Crippen LogP contribution in [0.15, 0.2) is 0 Å². The van der Waals surface area contributed by atoms with E-state index < -0.39 is 27.4 Å². The number of piperidine rings is 1. The van der Waals surface area contributed by atoms with Crippen molar-refractivity contribution in [3.8, 4) is 0 Å². The third kappa shape index (κ3) is 6.30. The highest BCUT2D eigenvalue weighted by molar-refractivity contribution is 7.88. The number of carboxylic acids is 1. The highest BCUT2D eigenvalue weighted by Gasteiger charge is 2.29. The van der Waals surface area contributed by atoms with E-state index in [1.165, 1.54) is 4.90 Å². The van der Waals surface area contributed by atoms with Gasteiger partial charge in [-0.2, -0.15) is 0 Å². The van der Waals surface area contributed by atoms with E-state index in [0.29, 0.717) is 19.4 Å². The lowest BCUT2D eigenvalue weighted by molar-refractivity contribution is -0.143. The molecule has 1 atom stereocenters. The van der Waals surface area contributed by atoms with Crippen molar-refractivity contribution in [2.75, 3.05) is 25.9 Å². The number of sulfonamides is 1. The Kier molecular flexibility index (Phi) is 5.57. The van der Waals surface area contributed by atoms with Crippen LogP contribution in [-0.2, 0) is 14.8 Å². The number of hydrogen-bond donors (Lipinski definition) is 3. The van der Waals surface area contributed by atoms with Gasteiger partial charge in [-0.25, -0.2) is 17.9 Å². The van der Waals surface area contributed by atoms with Gasteiger partial charge < -0.3 is 15.3 Å². The first-order valence-corrected chi connectivity index (χ1v) is 8.64. The average molecular weight is 321 g/mol. The zero-order valence-corrected chi connectivity index (χ0v) is 13.4. The molecule has 0 bridgehead atoms. The summed E-state index contributed by atoms with van der Waals surface area (Å²) in [5.74, 6) is -1.43. The maximum absolute atomic E-state index is 12.0. The Morgan fingerprint density at radius 2 is 2.00 bits per heavy atom. The molecule has 1 saturated heterocycles. The molecule has 1 aliphatic rings. The molecule has 0 aromatic rings. The first-order valence-electron chi connectivity index (χ1n) is 6.75. The Morgan fingerprint density at radius 1 is 1.38 bits per heavy atom. The number of amides is 2. The van der Waals surface area contributed by atoms with Crippen molar-refractivity contribution in [1.29, 1.82) is 0 Å². The van der Waals surface area contributed by atoms with Gasteiger partial charge in [0.1, 0.15) is 0 Å². The number of carbonyl (C=O) groups is 2. The van der Waals surface area contributed by atoms with E-state index in [2.05, 4.69) is 10.0 Å². The summed E-state index contributed by atoms with van der Waals surface area (Å²) < 4.78 is 24.8. The van der Waals surface area contributed by atoms with E-state index in [-0.39, 0.29) is 19.1 Å². The molecular formula is C12H23N3O5S. The molecule has 0 spiro atoms. The van der Waals surface area contributed by atoms with Gasteiger partial charge in [0.25, 0.3) is 0 Å². The van der Waals surface area contributed by atoms with Crippen LogP contribution in [-0.4, -0.2) is 61.9 Å². The molecule has 8 nitrogen and oxygen atoms in total. The lowest BCUT2D eigenvalue weighted by Crippen LogP contribution is -2.54. The maximum atomic E-state index is 12.0. The standard InChI is InChI=1S/C12H23N3O5S/c1-12(2,14-21(3,19)20)8-13-11(18)15-6-4-5-9(7-15)10(16)17/h9,14H,4-8H2,1-3H3,(H,13,18)(H,16,17)/t9-/m1/s1. The van der Waals surface area contributed by atoms with Gasteiger partial charge in [0.2, 0.25) is 10.0 Å². The Morgan fingerprint density at radius 3 is 2.52 bits per heavy atom. The van der Waals surface area contributed by atoms with E-state index >= 15 is 0 Å². The smallest absolute Gasteiger partial charge is 0.317 e. The van der Waals surface area contributed by atoms with Gasteiger partial charge in [0.05, 0.1) is 12.2 Å². The lowest BCUT2D eigenvalue weighted by Gasteiger charge is -2.32. The minimum absolute atomic E-state index is 0.118. The first-order chi connectivity index (χ1) is 9.50. The van der Waals surface area contributed by atoms with Crippen LogP contribution in [0.5, 0.6) is 0 Å². The zero-order chi connectivity index (χ0) is 16.3. The number of nitrogens with zero attached hydrogens (tertiary/aromatic N) is 1. The Hall–Kier alpha value is -1.35. The zero-order valence-electron chi connectivity index (χ0n) is 12.5.